The zero-order chi connectivity index (χ0) is 12.5. The lowest BCUT2D eigenvalue weighted by atomic mass is 9.97. The van der Waals surface area contributed by atoms with E-state index in [-0.39, 0.29) is 5.91 Å². The molecule has 4 nitrogen and oxygen atoms in total. The lowest BCUT2D eigenvalue weighted by Gasteiger charge is -2.27. The molecule has 0 aliphatic carbocycles. The molecule has 0 unspecified atom stereocenters. The van der Waals surface area contributed by atoms with E-state index in [0.29, 0.717) is 18.9 Å². The van der Waals surface area contributed by atoms with Crippen LogP contribution in [-0.2, 0) is 9.53 Å². The number of ether oxygens (including phenoxy) is 1. The predicted molar refractivity (Wildman–Crippen MR) is 69.0 cm³/mol. The van der Waals surface area contributed by atoms with E-state index in [9.17, 15) is 4.79 Å². The molecule has 0 spiro atoms. The van der Waals surface area contributed by atoms with Crippen LogP contribution in [0.2, 0.25) is 0 Å². The van der Waals surface area contributed by atoms with Crippen LogP contribution in [0.15, 0.2) is 0 Å². The number of nitrogens with zero attached hydrogens (tertiary/aromatic N) is 1. The molecule has 4 heteroatoms. The van der Waals surface area contributed by atoms with E-state index in [1.165, 1.54) is 12.8 Å². The Morgan fingerprint density at radius 2 is 2.12 bits per heavy atom. The minimum Gasteiger partial charge on any atom is -0.382 e. The molecule has 0 radical (unpaired) electrons. The van der Waals surface area contributed by atoms with Crippen LogP contribution >= 0.6 is 0 Å². The molecule has 1 heterocycles. The third kappa shape index (κ3) is 6.03. The first-order chi connectivity index (χ1) is 8.24. The molecule has 1 aliphatic heterocycles. The number of carbonyl (C=O) groups is 1. The molecule has 1 amide bonds. The Hall–Kier alpha value is -0.610. The normalized spacial score (nSPS) is 17.1. The van der Waals surface area contributed by atoms with E-state index in [1.54, 1.807) is 0 Å². The van der Waals surface area contributed by atoms with Crippen molar-refractivity contribution < 1.29 is 9.53 Å². The summed E-state index contributed by atoms with van der Waals surface area (Å²) in [5, 5.41) is 3.35. The van der Waals surface area contributed by atoms with Crippen molar-refractivity contribution in [2.45, 2.75) is 32.6 Å². The standard InChI is InChI=1S/C13H26N2O2/c1-3-17-10-4-5-13(16)15(2)11-12-6-8-14-9-7-12/h12,14H,3-11H2,1-2H3. The van der Waals surface area contributed by atoms with Gasteiger partial charge in [-0.15, -0.1) is 0 Å². The second-order valence-electron chi connectivity index (χ2n) is 4.77. The molecule has 1 rings (SSSR count). The topological polar surface area (TPSA) is 41.6 Å². The van der Waals surface area contributed by atoms with Gasteiger partial charge in [0.15, 0.2) is 0 Å². The summed E-state index contributed by atoms with van der Waals surface area (Å²) in [6.07, 6.45) is 3.83. The largest absolute Gasteiger partial charge is 0.382 e. The Morgan fingerprint density at radius 1 is 1.41 bits per heavy atom. The molecule has 17 heavy (non-hydrogen) atoms. The van der Waals surface area contributed by atoms with Gasteiger partial charge in [-0.2, -0.15) is 0 Å². The SMILES string of the molecule is CCOCCCC(=O)N(C)CC1CCNCC1. The van der Waals surface area contributed by atoms with E-state index in [2.05, 4.69) is 5.32 Å². The second kappa shape index (κ2) is 8.48. The summed E-state index contributed by atoms with van der Waals surface area (Å²) in [7, 11) is 1.92. The number of amides is 1. The summed E-state index contributed by atoms with van der Waals surface area (Å²) in [6.45, 7) is 6.51. The highest BCUT2D eigenvalue weighted by molar-refractivity contribution is 5.75. The van der Waals surface area contributed by atoms with Crippen molar-refractivity contribution >= 4 is 5.91 Å². The van der Waals surface area contributed by atoms with E-state index in [4.69, 9.17) is 4.74 Å². The molecular formula is C13H26N2O2. The van der Waals surface area contributed by atoms with Crippen LogP contribution in [0, 0.1) is 5.92 Å². The highest BCUT2D eigenvalue weighted by Crippen LogP contribution is 2.13. The van der Waals surface area contributed by atoms with E-state index in [1.807, 2.05) is 18.9 Å². The fourth-order valence-corrected chi connectivity index (χ4v) is 2.21. The Labute approximate surface area is 105 Å². The first kappa shape index (κ1) is 14.5. The zero-order valence-corrected chi connectivity index (χ0v) is 11.2. The maximum atomic E-state index is 11.8. The highest BCUT2D eigenvalue weighted by Gasteiger charge is 2.17. The molecule has 1 saturated heterocycles. The van der Waals surface area contributed by atoms with Gasteiger partial charge in [0.05, 0.1) is 0 Å². The Kier molecular flexibility index (Phi) is 7.21. The molecule has 0 aromatic rings. The number of nitrogens with one attached hydrogen (secondary N) is 1. The van der Waals surface area contributed by atoms with E-state index in [0.717, 1.165) is 32.7 Å². The maximum Gasteiger partial charge on any atom is 0.222 e. The third-order valence-electron chi connectivity index (χ3n) is 3.30. The molecule has 0 atom stereocenters. The minimum atomic E-state index is 0.253. The summed E-state index contributed by atoms with van der Waals surface area (Å²) in [4.78, 5) is 13.7. The van der Waals surface area contributed by atoms with Crippen molar-refractivity contribution in [3.05, 3.63) is 0 Å². The van der Waals surface area contributed by atoms with Gasteiger partial charge < -0.3 is 15.0 Å². The first-order valence-corrected chi connectivity index (χ1v) is 6.76. The minimum absolute atomic E-state index is 0.253. The molecule has 1 aliphatic rings. The molecule has 0 aromatic heterocycles. The maximum absolute atomic E-state index is 11.8. The molecule has 0 aromatic carbocycles. The van der Waals surface area contributed by atoms with Gasteiger partial charge in [0, 0.05) is 33.2 Å². The fraction of sp³-hybridized carbons (Fsp3) is 0.923. The molecule has 1 fully saturated rings. The summed E-state index contributed by atoms with van der Waals surface area (Å²) >= 11 is 0. The van der Waals surface area contributed by atoms with Gasteiger partial charge in [0.25, 0.3) is 0 Å². The summed E-state index contributed by atoms with van der Waals surface area (Å²) < 4.78 is 5.23. The van der Waals surface area contributed by atoms with Crippen molar-refractivity contribution in [2.24, 2.45) is 5.92 Å². The summed E-state index contributed by atoms with van der Waals surface area (Å²) in [6, 6.07) is 0. The molecule has 1 N–H and O–H groups in total. The van der Waals surface area contributed by atoms with Crippen LogP contribution in [0.3, 0.4) is 0 Å². The number of hydrogen-bond acceptors (Lipinski definition) is 3. The predicted octanol–water partition coefficient (Wildman–Crippen LogP) is 1.26. The highest BCUT2D eigenvalue weighted by atomic mass is 16.5. The van der Waals surface area contributed by atoms with Crippen molar-refractivity contribution in [1.29, 1.82) is 0 Å². The van der Waals surface area contributed by atoms with Gasteiger partial charge in [-0.05, 0) is 45.2 Å². The fourth-order valence-electron chi connectivity index (χ4n) is 2.21. The Morgan fingerprint density at radius 3 is 2.76 bits per heavy atom. The number of rotatable bonds is 7. The summed E-state index contributed by atoms with van der Waals surface area (Å²) in [5.74, 6) is 0.931. The lowest BCUT2D eigenvalue weighted by molar-refractivity contribution is -0.130. The van der Waals surface area contributed by atoms with E-state index >= 15 is 0 Å². The molecule has 0 bridgehead atoms. The van der Waals surface area contributed by atoms with Crippen LogP contribution in [-0.4, -0.2) is 50.7 Å². The number of carbonyl (C=O) groups excluding carboxylic acids is 1. The van der Waals surface area contributed by atoms with Crippen molar-refractivity contribution in [2.75, 3.05) is 39.9 Å². The van der Waals surface area contributed by atoms with Crippen LogP contribution < -0.4 is 5.32 Å². The van der Waals surface area contributed by atoms with Crippen molar-refractivity contribution in [3.63, 3.8) is 0 Å². The van der Waals surface area contributed by atoms with Gasteiger partial charge in [-0.1, -0.05) is 0 Å². The van der Waals surface area contributed by atoms with Gasteiger partial charge in [0.2, 0.25) is 5.91 Å². The van der Waals surface area contributed by atoms with E-state index < -0.39 is 0 Å². The van der Waals surface area contributed by atoms with Crippen LogP contribution in [0.1, 0.15) is 32.6 Å². The monoisotopic (exact) mass is 242 g/mol. The molecule has 0 saturated carbocycles. The van der Waals surface area contributed by atoms with Crippen molar-refractivity contribution in [1.82, 2.24) is 10.2 Å². The first-order valence-electron chi connectivity index (χ1n) is 6.76. The third-order valence-corrected chi connectivity index (χ3v) is 3.30. The van der Waals surface area contributed by atoms with Crippen LogP contribution in [0.25, 0.3) is 0 Å². The Bertz CT molecular complexity index is 215. The molecule has 100 valence electrons. The second-order valence-corrected chi connectivity index (χ2v) is 4.77. The quantitative estimate of drug-likeness (QED) is 0.683. The number of piperidine rings is 1. The zero-order valence-electron chi connectivity index (χ0n) is 11.2. The van der Waals surface area contributed by atoms with Gasteiger partial charge in [0.1, 0.15) is 0 Å². The number of hydrogen-bond donors (Lipinski definition) is 1. The molecular weight excluding hydrogens is 216 g/mol. The van der Waals surface area contributed by atoms with Crippen molar-refractivity contribution in [3.8, 4) is 0 Å². The van der Waals surface area contributed by atoms with Crippen LogP contribution in [0.4, 0.5) is 0 Å². The summed E-state index contributed by atoms with van der Waals surface area (Å²) in [5.41, 5.74) is 0. The van der Waals surface area contributed by atoms with Gasteiger partial charge >= 0.3 is 0 Å². The van der Waals surface area contributed by atoms with Gasteiger partial charge in [-0.3, -0.25) is 4.79 Å². The average Bonchev–Trinajstić information content (AvgIpc) is 2.35. The lowest BCUT2D eigenvalue weighted by Crippen LogP contribution is -2.37. The van der Waals surface area contributed by atoms with Gasteiger partial charge in [-0.25, -0.2) is 0 Å². The Balaban J connectivity index is 2.12. The average molecular weight is 242 g/mol. The van der Waals surface area contributed by atoms with Crippen LogP contribution in [0.5, 0.6) is 0 Å². The smallest absolute Gasteiger partial charge is 0.222 e.